The van der Waals surface area contributed by atoms with Crippen LogP contribution in [0.4, 0.5) is 0 Å². The van der Waals surface area contributed by atoms with Gasteiger partial charge in [0.15, 0.2) is 0 Å². The number of halogens is 1. The summed E-state index contributed by atoms with van der Waals surface area (Å²) in [5.74, 6) is 0. The molecule has 13 heavy (non-hydrogen) atoms. The van der Waals surface area contributed by atoms with Crippen molar-refractivity contribution in [2.24, 2.45) is 4.40 Å². The van der Waals surface area contributed by atoms with Crippen molar-refractivity contribution >= 4 is 51.4 Å². The number of benzene rings is 1. The van der Waals surface area contributed by atoms with E-state index >= 15 is 0 Å². The fourth-order valence-electron chi connectivity index (χ4n) is 0.915. The first-order valence-corrected chi connectivity index (χ1v) is 6.75. The fourth-order valence-corrected chi connectivity index (χ4v) is 3.66. The SMILES string of the molecule is CSC1=NSc2ccc(Cl)cc2S1. The second kappa shape index (κ2) is 4.17. The molecule has 0 unspecified atom stereocenters. The number of fused-ring (bicyclic) bond motifs is 1. The van der Waals surface area contributed by atoms with Crippen LogP contribution in [0.3, 0.4) is 0 Å². The Balaban J connectivity index is 2.34. The molecule has 0 fully saturated rings. The van der Waals surface area contributed by atoms with Crippen molar-refractivity contribution in [2.75, 3.05) is 6.26 Å². The van der Waals surface area contributed by atoms with E-state index in [-0.39, 0.29) is 0 Å². The van der Waals surface area contributed by atoms with Crippen molar-refractivity contribution in [1.82, 2.24) is 0 Å². The summed E-state index contributed by atoms with van der Waals surface area (Å²) >= 11 is 10.8. The van der Waals surface area contributed by atoms with E-state index in [9.17, 15) is 0 Å². The lowest BCUT2D eigenvalue weighted by Crippen LogP contribution is -1.90. The van der Waals surface area contributed by atoms with Crippen LogP contribution in [0.15, 0.2) is 32.4 Å². The van der Waals surface area contributed by atoms with Crippen molar-refractivity contribution in [3.63, 3.8) is 0 Å². The van der Waals surface area contributed by atoms with E-state index in [4.69, 9.17) is 11.6 Å². The van der Waals surface area contributed by atoms with Crippen molar-refractivity contribution < 1.29 is 0 Å². The van der Waals surface area contributed by atoms with E-state index in [1.165, 1.54) is 21.7 Å². The second-order valence-corrected chi connectivity index (χ2v) is 5.67. The van der Waals surface area contributed by atoms with Gasteiger partial charge in [0.25, 0.3) is 0 Å². The highest BCUT2D eigenvalue weighted by atomic mass is 35.5. The summed E-state index contributed by atoms with van der Waals surface area (Å²) in [7, 11) is 0. The Labute approximate surface area is 94.9 Å². The van der Waals surface area contributed by atoms with Gasteiger partial charge in [0.1, 0.15) is 4.38 Å². The molecular formula is C8H6ClNS3. The summed E-state index contributed by atoms with van der Waals surface area (Å²) in [6, 6.07) is 5.89. The molecule has 0 atom stereocenters. The molecule has 0 spiro atoms. The average Bonchev–Trinajstić information content (AvgIpc) is 2.16. The van der Waals surface area contributed by atoms with E-state index in [0.717, 1.165) is 9.40 Å². The zero-order valence-corrected chi connectivity index (χ0v) is 9.99. The summed E-state index contributed by atoms with van der Waals surface area (Å²) in [5.41, 5.74) is 0. The third-order valence-electron chi connectivity index (χ3n) is 1.50. The molecule has 1 aliphatic heterocycles. The van der Waals surface area contributed by atoms with Gasteiger partial charge in [0, 0.05) is 26.8 Å². The number of rotatable bonds is 0. The first kappa shape index (κ1) is 9.77. The number of hydrogen-bond donors (Lipinski definition) is 0. The van der Waals surface area contributed by atoms with Crippen LogP contribution >= 0.6 is 47.1 Å². The molecule has 0 bridgehead atoms. The predicted octanol–water partition coefficient (Wildman–Crippen LogP) is 4.17. The predicted molar refractivity (Wildman–Crippen MR) is 64.1 cm³/mol. The van der Waals surface area contributed by atoms with Gasteiger partial charge in [0.05, 0.1) is 0 Å². The van der Waals surface area contributed by atoms with Crippen LogP contribution in [0, 0.1) is 0 Å². The van der Waals surface area contributed by atoms with Crippen LogP contribution in [0.1, 0.15) is 0 Å². The number of thioether (sulfide) groups is 2. The minimum Gasteiger partial charge on any atom is -0.197 e. The molecular weight excluding hydrogens is 242 g/mol. The molecule has 0 amide bonds. The highest BCUT2D eigenvalue weighted by Gasteiger charge is 2.13. The second-order valence-electron chi connectivity index (χ2n) is 2.35. The van der Waals surface area contributed by atoms with Crippen molar-refractivity contribution in [3.05, 3.63) is 23.2 Å². The zero-order valence-electron chi connectivity index (χ0n) is 6.78. The minimum absolute atomic E-state index is 0.786. The van der Waals surface area contributed by atoms with Gasteiger partial charge in [-0.3, -0.25) is 0 Å². The third-order valence-corrected chi connectivity index (χ3v) is 4.93. The summed E-state index contributed by atoms with van der Waals surface area (Å²) in [4.78, 5) is 2.39. The molecule has 0 saturated carbocycles. The molecule has 2 rings (SSSR count). The Morgan fingerprint density at radius 2 is 2.23 bits per heavy atom. The molecule has 68 valence electrons. The van der Waals surface area contributed by atoms with Crippen LogP contribution in [-0.2, 0) is 0 Å². The van der Waals surface area contributed by atoms with E-state index in [0.29, 0.717) is 0 Å². The molecule has 0 aromatic heterocycles. The van der Waals surface area contributed by atoms with E-state index in [1.54, 1.807) is 23.5 Å². The Kier molecular flexibility index (Phi) is 3.14. The van der Waals surface area contributed by atoms with Gasteiger partial charge >= 0.3 is 0 Å². The van der Waals surface area contributed by atoms with E-state index in [1.807, 2.05) is 24.5 Å². The fraction of sp³-hybridized carbons (Fsp3) is 0.125. The largest absolute Gasteiger partial charge is 0.197 e. The van der Waals surface area contributed by atoms with Gasteiger partial charge in [-0.15, -0.1) is 11.8 Å². The lowest BCUT2D eigenvalue weighted by Gasteiger charge is -2.12. The van der Waals surface area contributed by atoms with Crippen LogP contribution in [0.5, 0.6) is 0 Å². The number of nitrogens with zero attached hydrogens (tertiary/aromatic N) is 1. The maximum Gasteiger partial charge on any atom is 0.143 e. The molecule has 1 heterocycles. The first-order chi connectivity index (χ1) is 6.29. The normalized spacial score (nSPS) is 15.1. The van der Waals surface area contributed by atoms with E-state index in [2.05, 4.69) is 4.40 Å². The molecule has 1 aliphatic rings. The summed E-state index contributed by atoms with van der Waals surface area (Å²) in [5, 5.41) is 0.786. The molecule has 5 heteroatoms. The monoisotopic (exact) mass is 247 g/mol. The van der Waals surface area contributed by atoms with Crippen molar-refractivity contribution in [3.8, 4) is 0 Å². The lowest BCUT2D eigenvalue weighted by molar-refractivity contribution is 1.25. The minimum atomic E-state index is 0.786. The van der Waals surface area contributed by atoms with Gasteiger partial charge in [-0.25, -0.2) is 0 Å². The van der Waals surface area contributed by atoms with Gasteiger partial charge in [-0.2, -0.15) is 4.40 Å². The molecule has 1 nitrogen and oxygen atoms in total. The van der Waals surface area contributed by atoms with Crippen LogP contribution in [0.25, 0.3) is 0 Å². The lowest BCUT2D eigenvalue weighted by atomic mass is 10.4. The van der Waals surface area contributed by atoms with E-state index < -0.39 is 0 Å². The Morgan fingerprint density at radius 3 is 3.00 bits per heavy atom. The van der Waals surface area contributed by atoms with Gasteiger partial charge < -0.3 is 0 Å². The van der Waals surface area contributed by atoms with Crippen LogP contribution in [-0.4, -0.2) is 10.6 Å². The maximum absolute atomic E-state index is 5.90. The first-order valence-electron chi connectivity index (χ1n) is 3.56. The van der Waals surface area contributed by atoms with Crippen molar-refractivity contribution in [1.29, 1.82) is 0 Å². The maximum atomic E-state index is 5.90. The summed E-state index contributed by atoms with van der Waals surface area (Å²) in [6.45, 7) is 0. The third kappa shape index (κ3) is 2.18. The number of hydrogen-bond acceptors (Lipinski definition) is 4. The molecule has 0 radical (unpaired) electrons. The Hall–Kier alpha value is 0.230. The molecule has 0 N–H and O–H groups in total. The molecule has 0 saturated heterocycles. The standard InChI is InChI=1S/C8H6ClNS3/c1-11-8-10-13-6-3-2-5(9)4-7(6)12-8/h2-4H,1H3. The smallest absolute Gasteiger partial charge is 0.143 e. The van der Waals surface area contributed by atoms with Gasteiger partial charge in [-0.05, 0) is 24.5 Å². The zero-order chi connectivity index (χ0) is 9.26. The summed E-state index contributed by atoms with van der Waals surface area (Å²) < 4.78 is 5.42. The Morgan fingerprint density at radius 1 is 1.38 bits per heavy atom. The topological polar surface area (TPSA) is 12.4 Å². The van der Waals surface area contributed by atoms with Gasteiger partial charge in [0.2, 0.25) is 0 Å². The van der Waals surface area contributed by atoms with Crippen LogP contribution in [0.2, 0.25) is 5.02 Å². The van der Waals surface area contributed by atoms with Gasteiger partial charge in [-0.1, -0.05) is 23.4 Å². The quantitative estimate of drug-likeness (QED) is 0.639. The Bertz CT molecular complexity index is 364. The highest BCUT2D eigenvalue weighted by molar-refractivity contribution is 8.39. The molecule has 1 aromatic rings. The molecule has 1 aromatic carbocycles. The average molecular weight is 248 g/mol. The summed E-state index contributed by atoms with van der Waals surface area (Å²) in [6.07, 6.45) is 2.03. The van der Waals surface area contributed by atoms with Crippen molar-refractivity contribution in [2.45, 2.75) is 9.79 Å². The van der Waals surface area contributed by atoms with Crippen LogP contribution < -0.4 is 0 Å². The highest BCUT2D eigenvalue weighted by Crippen LogP contribution is 2.41. The molecule has 0 aliphatic carbocycles.